The lowest BCUT2D eigenvalue weighted by Gasteiger charge is -2.22. The number of aromatic nitrogens is 2. The molecular formula is C26H25N3O2. The van der Waals surface area contributed by atoms with Crippen molar-refractivity contribution in [2.45, 2.75) is 25.3 Å². The number of carbonyl (C=O) groups is 1. The van der Waals surface area contributed by atoms with Crippen LogP contribution in [0.25, 0.3) is 11.0 Å². The van der Waals surface area contributed by atoms with Gasteiger partial charge >= 0.3 is 0 Å². The van der Waals surface area contributed by atoms with Gasteiger partial charge in [0.1, 0.15) is 11.6 Å². The third-order valence-electron chi connectivity index (χ3n) is 6.16. The predicted molar refractivity (Wildman–Crippen MR) is 123 cm³/mol. The molecular weight excluding hydrogens is 386 g/mol. The highest BCUT2D eigenvalue weighted by Crippen LogP contribution is 2.38. The van der Waals surface area contributed by atoms with Crippen molar-refractivity contribution in [3.8, 4) is 5.75 Å². The van der Waals surface area contributed by atoms with Crippen molar-refractivity contribution in [3.05, 3.63) is 90.3 Å². The number of carbonyl (C=O) groups excluding carboxylic acids is 1. The lowest BCUT2D eigenvalue weighted by atomic mass is 10.0. The number of benzene rings is 3. The second kappa shape index (κ2) is 7.91. The van der Waals surface area contributed by atoms with E-state index >= 15 is 0 Å². The van der Waals surface area contributed by atoms with Crippen LogP contribution in [0, 0.1) is 0 Å². The molecule has 0 unspecified atom stereocenters. The van der Waals surface area contributed by atoms with Crippen LogP contribution < -0.4 is 9.64 Å². The minimum atomic E-state index is 0.0102. The molecule has 156 valence electrons. The van der Waals surface area contributed by atoms with Gasteiger partial charge in [0.15, 0.2) is 0 Å². The maximum atomic E-state index is 13.0. The Bertz CT molecular complexity index is 1230. The van der Waals surface area contributed by atoms with Crippen molar-refractivity contribution < 1.29 is 9.53 Å². The Morgan fingerprint density at radius 1 is 0.968 bits per heavy atom. The Kier molecular flexibility index (Phi) is 4.94. The van der Waals surface area contributed by atoms with Crippen molar-refractivity contribution in [3.63, 3.8) is 0 Å². The Morgan fingerprint density at radius 3 is 2.48 bits per heavy atom. The number of hydrogen-bond acceptors (Lipinski definition) is 3. The number of amides is 1. The fraction of sp³-hybridized carbons (Fsp3) is 0.231. The van der Waals surface area contributed by atoms with Crippen molar-refractivity contribution in [1.29, 1.82) is 0 Å². The molecule has 0 spiro atoms. The second-order valence-electron chi connectivity index (χ2n) is 7.99. The third-order valence-corrected chi connectivity index (χ3v) is 6.16. The summed E-state index contributed by atoms with van der Waals surface area (Å²) in [5, 5.41) is 0. The highest BCUT2D eigenvalue weighted by Gasteiger charge is 2.36. The van der Waals surface area contributed by atoms with E-state index in [9.17, 15) is 4.79 Å². The Balaban J connectivity index is 1.57. The molecule has 2 atom stereocenters. The normalized spacial score (nSPS) is 17.3. The van der Waals surface area contributed by atoms with E-state index in [0.717, 1.165) is 22.5 Å². The molecule has 0 N–H and O–H groups in total. The minimum absolute atomic E-state index is 0.0102. The van der Waals surface area contributed by atoms with E-state index in [1.807, 2.05) is 53.4 Å². The van der Waals surface area contributed by atoms with E-state index in [0.29, 0.717) is 18.7 Å². The number of imidazole rings is 1. The molecule has 5 heteroatoms. The number of rotatable bonds is 5. The zero-order chi connectivity index (χ0) is 21.4. The summed E-state index contributed by atoms with van der Waals surface area (Å²) < 4.78 is 7.80. The minimum Gasteiger partial charge on any atom is -0.495 e. The van der Waals surface area contributed by atoms with Gasteiger partial charge in [0.25, 0.3) is 0 Å². The maximum Gasteiger partial charge on any atom is 0.227 e. The molecule has 1 fully saturated rings. The summed E-state index contributed by atoms with van der Waals surface area (Å²) in [6.45, 7) is 2.78. The summed E-state index contributed by atoms with van der Waals surface area (Å²) in [5.74, 6) is 1.78. The first-order valence-corrected chi connectivity index (χ1v) is 10.6. The highest BCUT2D eigenvalue weighted by molar-refractivity contribution is 5.97. The van der Waals surface area contributed by atoms with Gasteiger partial charge in [0.2, 0.25) is 5.91 Å². The van der Waals surface area contributed by atoms with Gasteiger partial charge in [-0.2, -0.15) is 0 Å². The van der Waals surface area contributed by atoms with E-state index < -0.39 is 0 Å². The summed E-state index contributed by atoms with van der Waals surface area (Å²) in [6.07, 6.45) is 0.433. The van der Waals surface area contributed by atoms with Crippen LogP contribution in [0.4, 0.5) is 5.69 Å². The third kappa shape index (κ3) is 3.36. The molecule has 3 aromatic carbocycles. The largest absolute Gasteiger partial charge is 0.495 e. The van der Waals surface area contributed by atoms with Crippen LogP contribution in [0.3, 0.4) is 0 Å². The van der Waals surface area contributed by atoms with E-state index in [4.69, 9.17) is 9.72 Å². The van der Waals surface area contributed by atoms with Gasteiger partial charge in [-0.05, 0) is 36.8 Å². The number of methoxy groups -OCH3 is 1. The number of fused-ring (bicyclic) bond motifs is 1. The molecule has 1 aromatic heterocycles. The van der Waals surface area contributed by atoms with E-state index in [1.54, 1.807) is 7.11 Å². The summed E-state index contributed by atoms with van der Waals surface area (Å²) in [6, 6.07) is 26.4. The van der Waals surface area contributed by atoms with Gasteiger partial charge in [0, 0.05) is 18.9 Å². The van der Waals surface area contributed by atoms with Gasteiger partial charge in [-0.1, -0.05) is 54.6 Å². The lowest BCUT2D eigenvalue weighted by molar-refractivity contribution is -0.117. The quantitative estimate of drug-likeness (QED) is 0.455. The SMILES string of the molecule is COc1ccccc1N1C[C@H](c2nc3ccccc3n2[C@@H](C)c2ccccc2)CC1=O. The fourth-order valence-electron chi connectivity index (χ4n) is 4.60. The zero-order valence-corrected chi connectivity index (χ0v) is 17.7. The molecule has 1 saturated heterocycles. The van der Waals surface area contributed by atoms with Crippen LogP contribution in [-0.2, 0) is 4.79 Å². The van der Waals surface area contributed by atoms with E-state index in [1.165, 1.54) is 5.56 Å². The van der Waals surface area contributed by atoms with Crippen LogP contribution in [0.15, 0.2) is 78.9 Å². The average molecular weight is 412 g/mol. The molecule has 0 bridgehead atoms. The topological polar surface area (TPSA) is 47.4 Å². The first-order chi connectivity index (χ1) is 15.2. The number of hydrogen-bond donors (Lipinski definition) is 0. The molecule has 5 rings (SSSR count). The smallest absolute Gasteiger partial charge is 0.227 e. The van der Waals surface area contributed by atoms with E-state index in [-0.39, 0.29) is 17.9 Å². The number of ether oxygens (including phenoxy) is 1. The molecule has 4 aromatic rings. The van der Waals surface area contributed by atoms with Crippen molar-refractivity contribution in [1.82, 2.24) is 9.55 Å². The maximum absolute atomic E-state index is 13.0. The standard InChI is InChI=1S/C26H25N3O2/c1-18(19-10-4-3-5-11-19)29-22-13-7-6-12-21(22)27-26(29)20-16-25(30)28(17-20)23-14-8-9-15-24(23)31-2/h3-15,18,20H,16-17H2,1-2H3/t18-,20+/m0/s1. The monoisotopic (exact) mass is 411 g/mol. The highest BCUT2D eigenvalue weighted by atomic mass is 16.5. The van der Waals surface area contributed by atoms with Crippen molar-refractivity contribution in [2.24, 2.45) is 0 Å². The Morgan fingerprint density at radius 2 is 1.68 bits per heavy atom. The van der Waals surface area contributed by atoms with E-state index in [2.05, 4.69) is 41.8 Å². The molecule has 0 saturated carbocycles. The van der Waals surface area contributed by atoms with Crippen LogP contribution in [0.2, 0.25) is 0 Å². The second-order valence-corrected chi connectivity index (χ2v) is 7.99. The summed E-state index contributed by atoms with van der Waals surface area (Å²) in [5.41, 5.74) is 4.09. The molecule has 1 aliphatic rings. The van der Waals surface area contributed by atoms with Gasteiger partial charge in [-0.15, -0.1) is 0 Å². The Hall–Kier alpha value is -3.60. The fourth-order valence-corrected chi connectivity index (χ4v) is 4.60. The van der Waals surface area contributed by atoms with Gasteiger partial charge < -0.3 is 14.2 Å². The van der Waals surface area contributed by atoms with Gasteiger partial charge in [0.05, 0.1) is 29.9 Å². The number of anilines is 1. The average Bonchev–Trinajstić information content (AvgIpc) is 3.39. The zero-order valence-electron chi connectivity index (χ0n) is 17.7. The van der Waals surface area contributed by atoms with Crippen LogP contribution in [-0.4, -0.2) is 29.1 Å². The van der Waals surface area contributed by atoms with Crippen molar-refractivity contribution >= 4 is 22.6 Å². The van der Waals surface area contributed by atoms with Crippen LogP contribution in [0.5, 0.6) is 5.75 Å². The van der Waals surface area contributed by atoms with Crippen LogP contribution in [0.1, 0.15) is 36.7 Å². The predicted octanol–water partition coefficient (Wildman–Crippen LogP) is 5.17. The molecule has 0 aliphatic carbocycles. The number of para-hydroxylation sites is 4. The molecule has 31 heavy (non-hydrogen) atoms. The van der Waals surface area contributed by atoms with Crippen molar-refractivity contribution in [2.75, 3.05) is 18.6 Å². The number of nitrogens with zero attached hydrogens (tertiary/aromatic N) is 3. The van der Waals surface area contributed by atoms with Gasteiger partial charge in [-0.25, -0.2) is 4.98 Å². The summed E-state index contributed by atoms with van der Waals surface area (Å²) >= 11 is 0. The lowest BCUT2D eigenvalue weighted by Crippen LogP contribution is -2.25. The van der Waals surface area contributed by atoms with Gasteiger partial charge in [-0.3, -0.25) is 4.79 Å². The Labute approximate surface area is 181 Å². The summed E-state index contributed by atoms with van der Waals surface area (Å²) in [4.78, 5) is 19.9. The first-order valence-electron chi connectivity index (χ1n) is 10.6. The summed E-state index contributed by atoms with van der Waals surface area (Å²) in [7, 11) is 1.64. The first kappa shape index (κ1) is 19.4. The molecule has 5 nitrogen and oxygen atoms in total. The molecule has 1 amide bonds. The molecule has 2 heterocycles. The van der Waals surface area contributed by atoms with Crippen LogP contribution >= 0.6 is 0 Å². The molecule has 0 radical (unpaired) electrons. The molecule has 1 aliphatic heterocycles.